The summed E-state index contributed by atoms with van der Waals surface area (Å²) in [6, 6.07) is 16.5. The monoisotopic (exact) mass is 393 g/mol. The van der Waals surface area contributed by atoms with Gasteiger partial charge in [-0.3, -0.25) is 4.90 Å². The molecule has 1 atom stereocenters. The molecule has 0 saturated carbocycles. The van der Waals surface area contributed by atoms with E-state index in [2.05, 4.69) is 27.3 Å². The van der Waals surface area contributed by atoms with Crippen LogP contribution in [0.1, 0.15) is 30.4 Å². The van der Waals surface area contributed by atoms with Crippen LogP contribution in [0.2, 0.25) is 0 Å². The van der Waals surface area contributed by atoms with E-state index in [9.17, 15) is 0 Å². The van der Waals surface area contributed by atoms with Gasteiger partial charge in [-0.1, -0.05) is 12.1 Å². The van der Waals surface area contributed by atoms with Gasteiger partial charge in [0.15, 0.2) is 10.8 Å². The molecule has 0 aliphatic carbocycles. The lowest BCUT2D eigenvalue weighted by atomic mass is 10.2. The first kappa shape index (κ1) is 17.7. The molecule has 1 saturated heterocycles. The summed E-state index contributed by atoms with van der Waals surface area (Å²) in [5.74, 6) is 2.79. The van der Waals surface area contributed by atoms with Crippen LogP contribution in [0.5, 0.6) is 0 Å². The summed E-state index contributed by atoms with van der Waals surface area (Å²) in [6.45, 7) is 3.80. The Morgan fingerprint density at radius 3 is 2.79 bits per heavy atom. The summed E-state index contributed by atoms with van der Waals surface area (Å²) < 4.78 is 12.9. The molecule has 1 fully saturated rings. The number of fused-ring (bicyclic) bond motifs is 1. The predicted octanol–water partition coefficient (Wildman–Crippen LogP) is 5.08. The molecule has 1 unspecified atom stereocenters. The Morgan fingerprint density at radius 2 is 1.96 bits per heavy atom. The minimum Gasteiger partial charge on any atom is -0.468 e. The maximum Gasteiger partial charge on any atom is 0.163 e. The van der Waals surface area contributed by atoms with Crippen molar-refractivity contribution in [1.29, 1.82) is 0 Å². The van der Waals surface area contributed by atoms with E-state index in [4.69, 9.17) is 8.83 Å². The number of thiazole rings is 1. The van der Waals surface area contributed by atoms with E-state index in [-0.39, 0.29) is 6.04 Å². The third kappa shape index (κ3) is 3.63. The first-order chi connectivity index (χ1) is 13.9. The zero-order valence-electron chi connectivity index (χ0n) is 15.6. The van der Waals surface area contributed by atoms with Crippen LogP contribution in [-0.4, -0.2) is 29.5 Å². The van der Waals surface area contributed by atoms with Crippen molar-refractivity contribution in [3.63, 3.8) is 0 Å². The SMILES string of the molecule is c1coc(C(CNCc2ccc(-c3nc4ccccc4s3)o2)N2CCCC2)c1. The van der Waals surface area contributed by atoms with Crippen molar-refractivity contribution in [3.05, 3.63) is 66.3 Å². The van der Waals surface area contributed by atoms with Crippen molar-refractivity contribution in [3.8, 4) is 10.8 Å². The minimum absolute atomic E-state index is 0.274. The Labute approximate surface area is 168 Å². The van der Waals surface area contributed by atoms with Gasteiger partial charge in [0.2, 0.25) is 0 Å². The second-order valence-corrected chi connectivity index (χ2v) is 8.19. The molecule has 0 spiro atoms. The summed E-state index contributed by atoms with van der Waals surface area (Å²) >= 11 is 1.66. The van der Waals surface area contributed by atoms with Crippen LogP contribution in [0, 0.1) is 0 Å². The number of hydrogen-bond donors (Lipinski definition) is 1. The molecule has 1 aliphatic heterocycles. The highest BCUT2D eigenvalue weighted by Crippen LogP contribution is 2.31. The molecule has 4 aromatic rings. The van der Waals surface area contributed by atoms with Gasteiger partial charge in [0.1, 0.15) is 11.5 Å². The molecule has 1 aliphatic rings. The van der Waals surface area contributed by atoms with Gasteiger partial charge < -0.3 is 14.2 Å². The third-order valence-corrected chi connectivity index (χ3v) is 6.31. The highest BCUT2D eigenvalue weighted by atomic mass is 32.1. The molecule has 144 valence electrons. The summed E-state index contributed by atoms with van der Waals surface area (Å²) in [5.41, 5.74) is 1.02. The third-order valence-electron chi connectivity index (χ3n) is 5.26. The molecule has 1 N–H and O–H groups in total. The molecule has 4 heterocycles. The highest BCUT2D eigenvalue weighted by molar-refractivity contribution is 7.21. The molecule has 0 bridgehead atoms. The first-order valence-electron chi connectivity index (χ1n) is 9.80. The molecule has 0 radical (unpaired) electrons. The van der Waals surface area contributed by atoms with Crippen LogP contribution in [0.25, 0.3) is 21.0 Å². The van der Waals surface area contributed by atoms with Crippen molar-refractivity contribution in [1.82, 2.24) is 15.2 Å². The topological polar surface area (TPSA) is 54.4 Å². The number of rotatable bonds is 7. The number of hydrogen-bond acceptors (Lipinski definition) is 6. The van der Waals surface area contributed by atoms with Gasteiger partial charge in [0, 0.05) is 6.54 Å². The van der Waals surface area contributed by atoms with Gasteiger partial charge in [-0.05, 0) is 62.3 Å². The second-order valence-electron chi connectivity index (χ2n) is 7.16. The molecule has 1 aromatic carbocycles. The Hall–Kier alpha value is -2.41. The fourth-order valence-corrected chi connectivity index (χ4v) is 4.77. The van der Waals surface area contributed by atoms with E-state index in [0.717, 1.165) is 47.4 Å². The largest absolute Gasteiger partial charge is 0.468 e. The summed E-state index contributed by atoms with van der Waals surface area (Å²) in [5, 5.41) is 4.47. The Balaban J connectivity index is 1.24. The van der Waals surface area contributed by atoms with E-state index in [1.165, 1.54) is 17.5 Å². The molecular weight excluding hydrogens is 370 g/mol. The summed E-state index contributed by atoms with van der Waals surface area (Å²) in [4.78, 5) is 7.18. The minimum atomic E-state index is 0.274. The van der Waals surface area contributed by atoms with E-state index >= 15 is 0 Å². The Morgan fingerprint density at radius 1 is 1.07 bits per heavy atom. The quantitative estimate of drug-likeness (QED) is 0.475. The number of furan rings is 2. The van der Waals surface area contributed by atoms with Gasteiger partial charge >= 0.3 is 0 Å². The van der Waals surface area contributed by atoms with Crippen molar-refractivity contribution in [2.45, 2.75) is 25.4 Å². The number of aromatic nitrogens is 1. The first-order valence-corrected chi connectivity index (χ1v) is 10.6. The summed E-state index contributed by atoms with van der Waals surface area (Å²) in [6.07, 6.45) is 4.29. The Bertz CT molecular complexity index is 998. The van der Waals surface area contributed by atoms with E-state index in [1.807, 2.05) is 36.4 Å². The van der Waals surface area contributed by atoms with Crippen LogP contribution in [0.3, 0.4) is 0 Å². The van der Waals surface area contributed by atoms with E-state index in [1.54, 1.807) is 17.6 Å². The maximum atomic E-state index is 6.05. The Kier molecular flexibility index (Phi) is 4.99. The lowest BCUT2D eigenvalue weighted by Gasteiger charge is -2.25. The number of para-hydroxylation sites is 1. The van der Waals surface area contributed by atoms with Gasteiger partial charge in [-0.2, -0.15) is 0 Å². The fraction of sp³-hybridized carbons (Fsp3) is 0.318. The average molecular weight is 394 g/mol. The van der Waals surface area contributed by atoms with Crippen LogP contribution in [-0.2, 0) is 6.54 Å². The molecule has 3 aromatic heterocycles. The van der Waals surface area contributed by atoms with Crippen LogP contribution in [0.15, 0.2) is 63.6 Å². The van der Waals surface area contributed by atoms with Gasteiger partial charge in [0.25, 0.3) is 0 Å². The van der Waals surface area contributed by atoms with Crippen molar-refractivity contribution in [2.24, 2.45) is 0 Å². The molecule has 0 amide bonds. The van der Waals surface area contributed by atoms with E-state index in [0.29, 0.717) is 6.54 Å². The highest BCUT2D eigenvalue weighted by Gasteiger charge is 2.25. The van der Waals surface area contributed by atoms with Crippen molar-refractivity contribution >= 4 is 21.6 Å². The molecule has 5 nitrogen and oxygen atoms in total. The van der Waals surface area contributed by atoms with Gasteiger partial charge in [-0.15, -0.1) is 11.3 Å². The van der Waals surface area contributed by atoms with Crippen molar-refractivity contribution < 1.29 is 8.83 Å². The van der Waals surface area contributed by atoms with Gasteiger partial charge in [0.05, 0.1) is 29.1 Å². The molecule has 5 rings (SSSR count). The lowest BCUT2D eigenvalue weighted by Crippen LogP contribution is -2.33. The van der Waals surface area contributed by atoms with Gasteiger partial charge in [-0.25, -0.2) is 4.98 Å². The smallest absolute Gasteiger partial charge is 0.163 e. The lowest BCUT2D eigenvalue weighted by molar-refractivity contribution is 0.208. The van der Waals surface area contributed by atoms with Crippen molar-refractivity contribution in [2.75, 3.05) is 19.6 Å². The van der Waals surface area contributed by atoms with Crippen LogP contribution >= 0.6 is 11.3 Å². The average Bonchev–Trinajstić information content (AvgIpc) is 3.52. The number of nitrogens with zero attached hydrogens (tertiary/aromatic N) is 2. The maximum absolute atomic E-state index is 6.05. The zero-order valence-corrected chi connectivity index (χ0v) is 16.5. The second kappa shape index (κ2) is 7.91. The molecule has 6 heteroatoms. The summed E-state index contributed by atoms with van der Waals surface area (Å²) in [7, 11) is 0. The fourth-order valence-electron chi connectivity index (χ4n) is 3.84. The van der Waals surface area contributed by atoms with Crippen LogP contribution in [0.4, 0.5) is 0 Å². The van der Waals surface area contributed by atoms with E-state index < -0.39 is 0 Å². The predicted molar refractivity (Wildman–Crippen MR) is 111 cm³/mol. The number of benzene rings is 1. The van der Waals surface area contributed by atoms with Crippen LogP contribution < -0.4 is 5.32 Å². The normalized spacial score (nSPS) is 16.1. The standard InChI is InChI=1S/C22H23N3O2S/c1-2-8-21-17(6-1)24-22(28-21)20-10-9-16(27-20)14-23-15-18(19-7-5-13-26-19)25-11-3-4-12-25/h1-2,5-10,13,18,23H,3-4,11-12,14-15H2. The number of nitrogens with one attached hydrogen (secondary N) is 1. The number of likely N-dealkylation sites (tertiary alicyclic amines) is 1. The molecular formula is C22H23N3O2S. The zero-order chi connectivity index (χ0) is 18.8. The molecule has 28 heavy (non-hydrogen) atoms.